The normalized spacial score (nSPS) is 20.7. The molecule has 0 bridgehead atoms. The van der Waals surface area contributed by atoms with E-state index >= 15 is 0 Å². The average Bonchev–Trinajstić information content (AvgIpc) is 3.23. The predicted octanol–water partition coefficient (Wildman–Crippen LogP) is 0.718. The van der Waals surface area contributed by atoms with Crippen LogP contribution in [0.1, 0.15) is 42.1 Å². The zero-order valence-corrected chi connectivity index (χ0v) is 15.6. The molecule has 0 aromatic carbocycles. The van der Waals surface area contributed by atoms with Crippen molar-refractivity contribution in [3.8, 4) is 0 Å². The van der Waals surface area contributed by atoms with Gasteiger partial charge < -0.3 is 13.8 Å². The van der Waals surface area contributed by atoms with Gasteiger partial charge in [-0.05, 0) is 25.9 Å². The molecule has 2 aromatic rings. The maximum atomic E-state index is 5.42. The fraction of sp³-hybridized carbons (Fsp3) is 0.765. The quantitative estimate of drug-likeness (QED) is 0.770. The molecule has 0 spiro atoms. The Bertz CT molecular complexity index is 715. The van der Waals surface area contributed by atoms with Gasteiger partial charge in [-0.3, -0.25) is 9.80 Å². The lowest BCUT2D eigenvalue weighted by molar-refractivity contribution is 0.0326. The van der Waals surface area contributed by atoms with Gasteiger partial charge in [0.05, 0.1) is 26.3 Å². The van der Waals surface area contributed by atoms with E-state index in [1.807, 2.05) is 6.92 Å². The molecular weight excluding hydrogens is 334 g/mol. The van der Waals surface area contributed by atoms with Crippen LogP contribution in [0.4, 0.5) is 0 Å². The van der Waals surface area contributed by atoms with Gasteiger partial charge in [-0.25, -0.2) is 0 Å². The summed E-state index contributed by atoms with van der Waals surface area (Å²) in [7, 11) is 2.10. The number of piperidine rings is 1. The molecule has 26 heavy (non-hydrogen) atoms. The molecule has 0 unspecified atom stereocenters. The summed E-state index contributed by atoms with van der Waals surface area (Å²) in [6.45, 7) is 9.02. The molecule has 0 N–H and O–H groups in total. The molecule has 2 aliphatic rings. The first-order chi connectivity index (χ1) is 12.7. The van der Waals surface area contributed by atoms with E-state index in [-0.39, 0.29) is 0 Å². The summed E-state index contributed by atoms with van der Waals surface area (Å²) in [5.41, 5.74) is 0. The molecule has 4 heterocycles. The number of aryl methyl sites for hydroxylation is 1. The van der Waals surface area contributed by atoms with Crippen LogP contribution < -0.4 is 0 Å². The number of hydrogen-bond acceptors (Lipinski definition) is 8. The minimum atomic E-state index is 0.467. The Balaban J connectivity index is 1.32. The van der Waals surface area contributed by atoms with Gasteiger partial charge in [-0.1, -0.05) is 5.16 Å². The lowest BCUT2D eigenvalue weighted by Crippen LogP contribution is -2.36. The first-order valence-electron chi connectivity index (χ1n) is 9.39. The third-order valence-corrected chi connectivity index (χ3v) is 5.35. The van der Waals surface area contributed by atoms with E-state index in [2.05, 4.69) is 41.8 Å². The largest absolute Gasteiger partial charge is 0.379 e. The fourth-order valence-corrected chi connectivity index (χ4v) is 3.78. The van der Waals surface area contributed by atoms with Crippen molar-refractivity contribution in [2.45, 2.75) is 38.8 Å². The summed E-state index contributed by atoms with van der Waals surface area (Å²) in [4.78, 5) is 9.06. The number of likely N-dealkylation sites (tertiary alicyclic amines) is 1. The number of hydrogen-bond donors (Lipinski definition) is 0. The fourth-order valence-electron chi connectivity index (χ4n) is 3.78. The highest BCUT2D eigenvalue weighted by molar-refractivity contribution is 5.04. The number of aromatic nitrogens is 5. The van der Waals surface area contributed by atoms with Crippen molar-refractivity contribution < 1.29 is 9.26 Å². The maximum absolute atomic E-state index is 5.42. The van der Waals surface area contributed by atoms with E-state index in [4.69, 9.17) is 9.26 Å². The van der Waals surface area contributed by atoms with Gasteiger partial charge in [0.25, 0.3) is 0 Å². The number of nitrogens with zero attached hydrogens (tertiary/aromatic N) is 7. The van der Waals surface area contributed by atoms with Crippen LogP contribution in [0, 0.1) is 6.92 Å². The van der Waals surface area contributed by atoms with Gasteiger partial charge in [0.15, 0.2) is 5.82 Å². The minimum absolute atomic E-state index is 0.467. The van der Waals surface area contributed by atoms with Gasteiger partial charge in [-0.15, -0.1) is 10.2 Å². The SMILES string of the molecule is Cc1nc(CN2CCC(c3nnc(CN4CCOCC4)n3C)CC2)no1. The van der Waals surface area contributed by atoms with Crippen LogP contribution in [0.3, 0.4) is 0 Å². The second-order valence-electron chi connectivity index (χ2n) is 7.20. The Hall–Kier alpha value is -1.84. The summed E-state index contributed by atoms with van der Waals surface area (Å²) in [6, 6.07) is 0. The van der Waals surface area contributed by atoms with Gasteiger partial charge in [-0.2, -0.15) is 4.98 Å². The van der Waals surface area contributed by atoms with Crippen molar-refractivity contribution in [3.05, 3.63) is 23.4 Å². The zero-order valence-electron chi connectivity index (χ0n) is 15.6. The van der Waals surface area contributed by atoms with Crippen molar-refractivity contribution >= 4 is 0 Å². The Morgan fingerprint density at radius 1 is 1.00 bits per heavy atom. The molecule has 2 aliphatic heterocycles. The molecule has 0 aliphatic carbocycles. The van der Waals surface area contributed by atoms with Crippen molar-refractivity contribution in [3.63, 3.8) is 0 Å². The summed E-state index contributed by atoms with van der Waals surface area (Å²) in [6.07, 6.45) is 2.17. The standard InChI is InChI=1S/C17H27N7O2/c1-13-18-15(21-26-13)11-23-5-3-14(4-6-23)17-20-19-16(22(17)2)12-24-7-9-25-10-8-24/h14H,3-12H2,1-2H3. The topological polar surface area (TPSA) is 85.3 Å². The Labute approximate surface area is 153 Å². The number of morpholine rings is 1. The summed E-state index contributed by atoms with van der Waals surface area (Å²) >= 11 is 0. The van der Waals surface area contributed by atoms with Crippen LogP contribution in [-0.4, -0.2) is 74.1 Å². The minimum Gasteiger partial charge on any atom is -0.379 e. The molecule has 0 saturated carbocycles. The summed E-state index contributed by atoms with van der Waals surface area (Å²) in [5, 5.41) is 13.0. The van der Waals surface area contributed by atoms with Crippen LogP contribution in [0.25, 0.3) is 0 Å². The molecule has 0 amide bonds. The second-order valence-corrected chi connectivity index (χ2v) is 7.20. The Kier molecular flexibility index (Phi) is 5.28. The zero-order chi connectivity index (χ0) is 17.9. The number of rotatable bonds is 5. The molecule has 4 rings (SSSR count). The smallest absolute Gasteiger partial charge is 0.223 e. The highest BCUT2D eigenvalue weighted by atomic mass is 16.5. The first kappa shape index (κ1) is 17.6. The lowest BCUT2D eigenvalue weighted by Gasteiger charge is -2.30. The van der Waals surface area contributed by atoms with E-state index < -0.39 is 0 Å². The summed E-state index contributed by atoms with van der Waals surface area (Å²) in [5.74, 6) is 4.03. The third-order valence-electron chi connectivity index (χ3n) is 5.35. The Morgan fingerprint density at radius 3 is 2.42 bits per heavy atom. The van der Waals surface area contributed by atoms with Crippen molar-refractivity contribution in [1.29, 1.82) is 0 Å². The first-order valence-corrected chi connectivity index (χ1v) is 9.39. The molecular formula is C17H27N7O2. The number of ether oxygens (including phenoxy) is 1. The van der Waals surface area contributed by atoms with Crippen molar-refractivity contribution in [1.82, 2.24) is 34.7 Å². The van der Waals surface area contributed by atoms with Crippen LogP contribution >= 0.6 is 0 Å². The third kappa shape index (κ3) is 3.94. The van der Waals surface area contributed by atoms with Crippen molar-refractivity contribution in [2.75, 3.05) is 39.4 Å². The van der Waals surface area contributed by atoms with Crippen molar-refractivity contribution in [2.24, 2.45) is 7.05 Å². The van der Waals surface area contributed by atoms with Crippen LogP contribution in [0.2, 0.25) is 0 Å². The molecule has 0 atom stereocenters. The lowest BCUT2D eigenvalue weighted by atomic mass is 9.96. The van der Waals surface area contributed by atoms with E-state index in [0.29, 0.717) is 11.8 Å². The molecule has 9 nitrogen and oxygen atoms in total. The van der Waals surface area contributed by atoms with Gasteiger partial charge in [0, 0.05) is 33.0 Å². The molecule has 142 valence electrons. The van der Waals surface area contributed by atoms with Crippen LogP contribution in [-0.2, 0) is 24.9 Å². The van der Waals surface area contributed by atoms with E-state index in [1.165, 1.54) is 0 Å². The molecule has 9 heteroatoms. The summed E-state index contributed by atoms with van der Waals surface area (Å²) < 4.78 is 12.7. The monoisotopic (exact) mass is 361 g/mol. The Morgan fingerprint density at radius 2 is 1.73 bits per heavy atom. The average molecular weight is 361 g/mol. The molecule has 0 radical (unpaired) electrons. The highest BCUT2D eigenvalue weighted by Crippen LogP contribution is 2.27. The van der Waals surface area contributed by atoms with Gasteiger partial charge in [0.1, 0.15) is 11.6 Å². The van der Waals surface area contributed by atoms with E-state index in [9.17, 15) is 0 Å². The van der Waals surface area contributed by atoms with Crippen LogP contribution in [0.5, 0.6) is 0 Å². The molecule has 2 fully saturated rings. The highest BCUT2D eigenvalue weighted by Gasteiger charge is 2.26. The predicted molar refractivity (Wildman–Crippen MR) is 93.4 cm³/mol. The van der Waals surface area contributed by atoms with Gasteiger partial charge in [0.2, 0.25) is 5.89 Å². The van der Waals surface area contributed by atoms with Crippen LogP contribution in [0.15, 0.2) is 4.52 Å². The molecule has 2 saturated heterocycles. The maximum Gasteiger partial charge on any atom is 0.223 e. The van der Waals surface area contributed by atoms with E-state index in [1.54, 1.807) is 0 Å². The second kappa shape index (κ2) is 7.81. The van der Waals surface area contributed by atoms with E-state index in [0.717, 1.165) is 82.8 Å². The molecule has 2 aromatic heterocycles. The van der Waals surface area contributed by atoms with Gasteiger partial charge >= 0.3 is 0 Å².